The van der Waals surface area contributed by atoms with Crippen LogP contribution in [0.1, 0.15) is 24.6 Å². The van der Waals surface area contributed by atoms with E-state index >= 15 is 0 Å². The normalized spacial score (nSPS) is 14.6. The maximum Gasteiger partial charge on any atom is 0.418 e. The minimum Gasteiger partial charge on any atom is -0.377 e. The monoisotopic (exact) mass is 403 g/mol. The molecule has 0 saturated carbocycles. The van der Waals surface area contributed by atoms with Crippen LogP contribution in [0.25, 0.3) is 16.9 Å². The maximum absolute atomic E-state index is 13.7. The van der Waals surface area contributed by atoms with E-state index in [2.05, 4.69) is 27.3 Å². The molecule has 3 aromatic heterocycles. The molecule has 1 saturated heterocycles. The molecular weight excluding hydrogens is 383 g/mol. The van der Waals surface area contributed by atoms with Gasteiger partial charge in [-0.25, -0.2) is 4.68 Å². The Bertz CT molecular complexity index is 998. The first kappa shape index (κ1) is 19.4. The Morgan fingerprint density at radius 3 is 2.72 bits per heavy atom. The average Bonchev–Trinajstić information content (AvgIpc) is 3.14. The highest BCUT2D eigenvalue weighted by Gasteiger charge is 2.35. The molecule has 0 aliphatic carbocycles. The number of rotatable bonds is 6. The average molecular weight is 403 g/mol. The fourth-order valence-electron chi connectivity index (χ4n) is 3.13. The fourth-order valence-corrected chi connectivity index (χ4v) is 3.13. The number of aryl methyl sites for hydroxylation is 1. The van der Waals surface area contributed by atoms with Crippen molar-refractivity contribution in [3.63, 3.8) is 0 Å². The molecular formula is C20H20F3N5O. The maximum atomic E-state index is 13.7. The van der Waals surface area contributed by atoms with Crippen molar-refractivity contribution in [1.29, 1.82) is 0 Å². The van der Waals surface area contributed by atoms with Crippen LogP contribution in [0, 0.1) is 0 Å². The first-order valence-corrected chi connectivity index (χ1v) is 9.36. The quantitative estimate of drug-likeness (QED) is 0.671. The summed E-state index contributed by atoms with van der Waals surface area (Å²) in [5.74, 6) is 0. The van der Waals surface area contributed by atoms with Crippen molar-refractivity contribution in [3.05, 3.63) is 54.2 Å². The van der Waals surface area contributed by atoms with E-state index in [1.807, 2.05) is 6.07 Å². The van der Waals surface area contributed by atoms with Crippen molar-refractivity contribution in [2.24, 2.45) is 0 Å². The van der Waals surface area contributed by atoms with Crippen LogP contribution in [0.5, 0.6) is 0 Å². The van der Waals surface area contributed by atoms with E-state index in [1.165, 1.54) is 17.1 Å². The number of hydrogen-bond donors (Lipinski definition) is 1. The lowest BCUT2D eigenvalue weighted by molar-refractivity contribution is -0.137. The number of anilines is 1. The number of aromatic nitrogens is 4. The number of hydrogen-bond acceptors (Lipinski definition) is 5. The molecule has 3 aromatic rings. The predicted molar refractivity (Wildman–Crippen MR) is 102 cm³/mol. The Morgan fingerprint density at radius 1 is 1.21 bits per heavy atom. The summed E-state index contributed by atoms with van der Waals surface area (Å²) < 4.78 is 47.6. The molecule has 0 unspecified atom stereocenters. The van der Waals surface area contributed by atoms with Crippen LogP contribution >= 0.6 is 0 Å². The van der Waals surface area contributed by atoms with Gasteiger partial charge in [-0.1, -0.05) is 13.3 Å². The number of alkyl halides is 3. The lowest BCUT2D eigenvalue weighted by atomic mass is 10.1. The SMILES string of the molecule is CCCc1cc(-n2cc(-c3ncc(NC4COC4)cc3C(F)(F)F)cn2)ccn1. The van der Waals surface area contributed by atoms with Crippen molar-refractivity contribution in [3.8, 4) is 16.9 Å². The van der Waals surface area contributed by atoms with E-state index in [0.717, 1.165) is 30.3 Å². The van der Waals surface area contributed by atoms with E-state index in [4.69, 9.17) is 4.74 Å². The Balaban J connectivity index is 1.66. The Labute approximate surface area is 165 Å². The molecule has 0 amide bonds. The van der Waals surface area contributed by atoms with Gasteiger partial charge in [-0.15, -0.1) is 0 Å². The van der Waals surface area contributed by atoms with Gasteiger partial charge in [0.25, 0.3) is 0 Å². The van der Waals surface area contributed by atoms with Gasteiger partial charge in [0.1, 0.15) is 0 Å². The third-order valence-electron chi connectivity index (χ3n) is 4.63. The van der Waals surface area contributed by atoms with Gasteiger partial charge in [0.15, 0.2) is 0 Å². The van der Waals surface area contributed by atoms with Crippen LogP contribution in [0.2, 0.25) is 0 Å². The molecule has 0 atom stereocenters. The number of ether oxygens (including phenoxy) is 1. The van der Waals surface area contributed by atoms with Gasteiger partial charge in [-0.05, 0) is 24.6 Å². The molecule has 1 aliphatic heterocycles. The highest BCUT2D eigenvalue weighted by Crippen LogP contribution is 2.37. The van der Waals surface area contributed by atoms with Crippen LogP contribution in [-0.2, 0) is 17.3 Å². The van der Waals surface area contributed by atoms with Crippen molar-refractivity contribution >= 4 is 5.69 Å². The zero-order valence-electron chi connectivity index (χ0n) is 15.8. The smallest absolute Gasteiger partial charge is 0.377 e. The third-order valence-corrected chi connectivity index (χ3v) is 4.63. The van der Waals surface area contributed by atoms with Gasteiger partial charge in [0.05, 0.1) is 54.3 Å². The minimum atomic E-state index is -4.54. The van der Waals surface area contributed by atoms with Crippen LogP contribution in [0.15, 0.2) is 43.0 Å². The van der Waals surface area contributed by atoms with Crippen molar-refractivity contribution < 1.29 is 17.9 Å². The molecule has 0 bridgehead atoms. The van der Waals surface area contributed by atoms with Crippen LogP contribution < -0.4 is 5.32 Å². The van der Waals surface area contributed by atoms with E-state index in [1.54, 1.807) is 18.5 Å². The number of pyridine rings is 2. The Kier molecular flexibility index (Phi) is 5.23. The molecule has 6 nitrogen and oxygen atoms in total. The molecule has 1 fully saturated rings. The third kappa shape index (κ3) is 4.24. The molecule has 0 aromatic carbocycles. The van der Waals surface area contributed by atoms with E-state index in [0.29, 0.717) is 24.5 Å². The van der Waals surface area contributed by atoms with Gasteiger partial charge in [0, 0.05) is 23.7 Å². The molecule has 4 heterocycles. The minimum absolute atomic E-state index is 0.00971. The van der Waals surface area contributed by atoms with E-state index in [9.17, 15) is 13.2 Å². The standard InChI is InChI=1S/C20H20F3N5O/c1-2-3-14-6-17(4-5-24-14)28-10-13(8-26-28)19-18(20(21,22)23)7-15(9-25-19)27-16-11-29-12-16/h4-10,16,27H,2-3,11-12H2,1H3. The number of nitrogens with zero attached hydrogens (tertiary/aromatic N) is 4. The molecule has 0 spiro atoms. The van der Waals surface area contributed by atoms with Crippen molar-refractivity contribution in [2.75, 3.05) is 18.5 Å². The van der Waals surface area contributed by atoms with Gasteiger partial charge in [0.2, 0.25) is 0 Å². The summed E-state index contributed by atoms with van der Waals surface area (Å²) in [6, 6.07) is 4.74. The zero-order chi connectivity index (χ0) is 20.4. The lowest BCUT2D eigenvalue weighted by Gasteiger charge is -2.28. The van der Waals surface area contributed by atoms with Crippen LogP contribution in [0.3, 0.4) is 0 Å². The van der Waals surface area contributed by atoms with Crippen molar-refractivity contribution in [2.45, 2.75) is 32.0 Å². The molecule has 29 heavy (non-hydrogen) atoms. The first-order valence-electron chi connectivity index (χ1n) is 9.36. The summed E-state index contributed by atoms with van der Waals surface area (Å²) in [4.78, 5) is 8.38. The summed E-state index contributed by atoms with van der Waals surface area (Å²) in [7, 11) is 0. The Morgan fingerprint density at radius 2 is 2.03 bits per heavy atom. The van der Waals surface area contributed by atoms with Gasteiger partial charge < -0.3 is 10.1 Å². The largest absolute Gasteiger partial charge is 0.418 e. The van der Waals surface area contributed by atoms with Crippen LogP contribution in [-0.4, -0.2) is 39.0 Å². The first-order chi connectivity index (χ1) is 13.9. The summed E-state index contributed by atoms with van der Waals surface area (Å²) in [6.07, 6.45) is 3.26. The molecule has 0 radical (unpaired) electrons. The fraction of sp³-hybridized carbons (Fsp3) is 0.350. The number of nitrogens with one attached hydrogen (secondary N) is 1. The highest BCUT2D eigenvalue weighted by atomic mass is 19.4. The highest BCUT2D eigenvalue weighted by molar-refractivity contribution is 5.66. The second kappa shape index (κ2) is 7.82. The second-order valence-electron chi connectivity index (χ2n) is 6.93. The van der Waals surface area contributed by atoms with Crippen molar-refractivity contribution in [1.82, 2.24) is 19.7 Å². The lowest BCUT2D eigenvalue weighted by Crippen LogP contribution is -2.40. The van der Waals surface area contributed by atoms with Crippen LogP contribution in [0.4, 0.5) is 18.9 Å². The summed E-state index contributed by atoms with van der Waals surface area (Å²) in [6.45, 7) is 3.00. The predicted octanol–water partition coefficient (Wildman–Crippen LogP) is 4.11. The van der Waals surface area contributed by atoms with Gasteiger partial charge >= 0.3 is 6.18 Å². The van der Waals surface area contributed by atoms with E-state index in [-0.39, 0.29) is 11.7 Å². The second-order valence-corrected chi connectivity index (χ2v) is 6.93. The molecule has 1 aliphatic rings. The topological polar surface area (TPSA) is 64.9 Å². The molecule has 4 rings (SSSR count). The summed E-state index contributed by atoms with van der Waals surface area (Å²) in [5, 5.41) is 7.23. The van der Waals surface area contributed by atoms with Gasteiger partial charge in [-0.2, -0.15) is 18.3 Å². The summed E-state index contributed by atoms with van der Waals surface area (Å²) in [5.41, 5.74) is 1.31. The summed E-state index contributed by atoms with van der Waals surface area (Å²) >= 11 is 0. The van der Waals surface area contributed by atoms with Gasteiger partial charge in [-0.3, -0.25) is 9.97 Å². The molecule has 1 N–H and O–H groups in total. The zero-order valence-corrected chi connectivity index (χ0v) is 15.8. The van der Waals surface area contributed by atoms with E-state index < -0.39 is 11.7 Å². The number of halogens is 3. The Hall–Kier alpha value is -2.94. The molecule has 152 valence electrons. The molecule has 9 heteroatoms.